The maximum absolute atomic E-state index is 2.36. The van der Waals surface area contributed by atoms with Gasteiger partial charge in [-0.1, -0.05) is 105 Å². The largest absolute Gasteiger partial charge is 0.0792 e. The second kappa shape index (κ2) is 8.88. The van der Waals surface area contributed by atoms with E-state index in [9.17, 15) is 0 Å². The Kier molecular flexibility index (Phi) is 6.46. The third-order valence-electron chi connectivity index (χ3n) is 5.72. The summed E-state index contributed by atoms with van der Waals surface area (Å²) < 4.78 is 0. The Morgan fingerprint density at radius 2 is 0.933 bits per heavy atom. The fourth-order valence-corrected chi connectivity index (χ4v) is 3.84. The number of hydrogen-bond acceptors (Lipinski definition) is 0. The molecule has 0 bridgehead atoms. The predicted octanol–water partition coefficient (Wildman–Crippen LogP) is 8.50. The average Bonchev–Trinajstić information content (AvgIpc) is 2.71. The van der Waals surface area contributed by atoms with E-state index in [-0.39, 0.29) is 5.41 Å². The van der Waals surface area contributed by atoms with Gasteiger partial charge < -0.3 is 0 Å². The highest BCUT2D eigenvalue weighted by Gasteiger charge is 2.18. The summed E-state index contributed by atoms with van der Waals surface area (Å²) in [6.45, 7) is 15.4. The smallest absolute Gasteiger partial charge is 0.0131 e. The minimum atomic E-state index is 0.0724. The van der Waals surface area contributed by atoms with E-state index in [1.807, 2.05) is 0 Å². The summed E-state index contributed by atoms with van der Waals surface area (Å²) in [5.41, 5.74) is 11.6. The van der Waals surface area contributed by atoms with Gasteiger partial charge in [0.2, 0.25) is 0 Å². The van der Waals surface area contributed by atoms with Gasteiger partial charge >= 0.3 is 0 Å². The number of allylic oxidation sites excluding steroid dienone is 2. The summed E-state index contributed by atoms with van der Waals surface area (Å²) >= 11 is 0. The van der Waals surface area contributed by atoms with Gasteiger partial charge in [0.25, 0.3) is 0 Å². The molecule has 0 atom stereocenters. The summed E-state index contributed by atoms with van der Waals surface area (Å²) in [4.78, 5) is 0. The Hall–Kier alpha value is -2.86. The van der Waals surface area contributed by atoms with Gasteiger partial charge in [0.05, 0.1) is 0 Å². The van der Waals surface area contributed by atoms with Crippen LogP contribution in [0.1, 0.15) is 73.6 Å². The Morgan fingerprint density at radius 1 is 0.567 bits per heavy atom. The summed E-state index contributed by atoms with van der Waals surface area (Å²) in [6, 6.07) is 24.7. The third kappa shape index (κ3) is 4.82. The van der Waals surface area contributed by atoms with Crippen molar-refractivity contribution in [1.29, 1.82) is 0 Å². The van der Waals surface area contributed by atoms with Gasteiger partial charge in [-0.2, -0.15) is 0 Å². The lowest BCUT2D eigenvalue weighted by Crippen LogP contribution is -2.12. The van der Waals surface area contributed by atoms with E-state index in [2.05, 4.69) is 127 Å². The first-order chi connectivity index (χ1) is 14.2. The SMILES string of the molecule is C/C=C(/c1ccc(C)cc1)c1cc(/C(=C/C)c2ccc(C)cc2)cc(C(C)(C)C)c1. The van der Waals surface area contributed by atoms with Crippen LogP contribution in [0.15, 0.2) is 78.9 Å². The van der Waals surface area contributed by atoms with Crippen molar-refractivity contribution < 1.29 is 0 Å². The van der Waals surface area contributed by atoms with Crippen LogP contribution in [0.5, 0.6) is 0 Å². The molecule has 0 heterocycles. The Bertz CT molecular complexity index is 987. The van der Waals surface area contributed by atoms with Crippen molar-refractivity contribution in [2.24, 2.45) is 0 Å². The monoisotopic (exact) mass is 394 g/mol. The van der Waals surface area contributed by atoms with E-state index >= 15 is 0 Å². The van der Waals surface area contributed by atoms with Crippen molar-refractivity contribution in [3.63, 3.8) is 0 Å². The lowest BCUT2D eigenvalue weighted by molar-refractivity contribution is 0.590. The molecule has 0 spiro atoms. The van der Waals surface area contributed by atoms with Crippen LogP contribution in [0.25, 0.3) is 11.1 Å². The zero-order valence-electron chi connectivity index (χ0n) is 19.5. The lowest BCUT2D eigenvalue weighted by Gasteiger charge is -2.23. The molecule has 0 aliphatic heterocycles. The molecule has 3 aromatic carbocycles. The summed E-state index contributed by atoms with van der Waals surface area (Å²) in [7, 11) is 0. The molecular weight excluding hydrogens is 360 g/mol. The zero-order valence-corrected chi connectivity index (χ0v) is 19.5. The second-order valence-electron chi connectivity index (χ2n) is 9.19. The highest BCUT2D eigenvalue weighted by atomic mass is 14.2. The highest BCUT2D eigenvalue weighted by molar-refractivity contribution is 5.85. The first-order valence-corrected chi connectivity index (χ1v) is 10.9. The topological polar surface area (TPSA) is 0 Å². The van der Waals surface area contributed by atoms with Crippen LogP contribution in [-0.2, 0) is 5.41 Å². The van der Waals surface area contributed by atoms with Crippen molar-refractivity contribution in [1.82, 2.24) is 0 Å². The van der Waals surface area contributed by atoms with Gasteiger partial charge in [-0.25, -0.2) is 0 Å². The van der Waals surface area contributed by atoms with Crippen LogP contribution >= 0.6 is 0 Å². The summed E-state index contributed by atoms with van der Waals surface area (Å²) in [5, 5.41) is 0. The van der Waals surface area contributed by atoms with Crippen LogP contribution in [0.4, 0.5) is 0 Å². The van der Waals surface area contributed by atoms with Crippen molar-refractivity contribution in [2.45, 2.75) is 53.9 Å². The first-order valence-electron chi connectivity index (χ1n) is 10.9. The van der Waals surface area contributed by atoms with Gasteiger partial charge in [-0.15, -0.1) is 0 Å². The molecule has 0 N–H and O–H groups in total. The molecular formula is C30H34. The normalized spacial score (nSPS) is 12.9. The van der Waals surface area contributed by atoms with Crippen LogP contribution < -0.4 is 0 Å². The quantitative estimate of drug-likeness (QED) is 0.416. The molecule has 0 nitrogen and oxygen atoms in total. The van der Waals surface area contributed by atoms with Gasteiger partial charge in [-0.3, -0.25) is 0 Å². The first kappa shape index (κ1) is 21.8. The number of benzene rings is 3. The Labute approximate surface area is 183 Å². The van der Waals surface area contributed by atoms with Gasteiger partial charge in [0.1, 0.15) is 0 Å². The van der Waals surface area contributed by atoms with Crippen molar-refractivity contribution >= 4 is 11.1 Å². The maximum Gasteiger partial charge on any atom is -0.0131 e. The molecule has 0 saturated heterocycles. The predicted molar refractivity (Wildman–Crippen MR) is 133 cm³/mol. The fourth-order valence-electron chi connectivity index (χ4n) is 3.84. The van der Waals surface area contributed by atoms with Crippen LogP contribution in [0.3, 0.4) is 0 Å². The lowest BCUT2D eigenvalue weighted by atomic mass is 9.81. The number of rotatable bonds is 4. The molecule has 0 aliphatic carbocycles. The molecule has 0 aromatic heterocycles. The molecule has 0 amide bonds. The molecule has 0 fully saturated rings. The second-order valence-corrected chi connectivity index (χ2v) is 9.19. The molecule has 3 aromatic rings. The van der Waals surface area contributed by atoms with Crippen molar-refractivity contribution in [3.05, 3.63) is 118 Å². The molecule has 0 saturated carbocycles. The van der Waals surface area contributed by atoms with E-state index in [1.54, 1.807) is 0 Å². The van der Waals surface area contributed by atoms with Crippen LogP contribution in [0.2, 0.25) is 0 Å². The van der Waals surface area contributed by atoms with E-state index in [0.29, 0.717) is 0 Å². The van der Waals surface area contributed by atoms with Gasteiger partial charge in [0, 0.05) is 0 Å². The fraction of sp³-hybridized carbons (Fsp3) is 0.267. The van der Waals surface area contributed by atoms with Gasteiger partial charge in [-0.05, 0) is 78.1 Å². The molecule has 0 unspecified atom stereocenters. The standard InChI is InChI=1S/C30H34/c1-8-28(23-14-10-21(3)11-15-23)25-18-26(20-27(19-25)30(5,6)7)29(9-2)24-16-12-22(4)13-17-24/h8-20H,1-7H3/b28-8-,29-9+. The molecule has 3 rings (SSSR count). The molecule has 154 valence electrons. The van der Waals surface area contributed by atoms with E-state index in [1.165, 1.54) is 50.1 Å². The molecule has 0 radical (unpaired) electrons. The Balaban J connectivity index is 2.19. The minimum absolute atomic E-state index is 0.0724. The Morgan fingerprint density at radius 3 is 1.23 bits per heavy atom. The average molecular weight is 395 g/mol. The highest BCUT2D eigenvalue weighted by Crippen LogP contribution is 2.34. The molecule has 0 heteroatoms. The number of aryl methyl sites for hydroxylation is 2. The molecule has 0 aliphatic rings. The summed E-state index contributed by atoms with van der Waals surface area (Å²) in [6.07, 6.45) is 4.47. The van der Waals surface area contributed by atoms with Crippen LogP contribution in [-0.4, -0.2) is 0 Å². The number of hydrogen-bond donors (Lipinski definition) is 0. The zero-order chi connectivity index (χ0) is 21.9. The van der Waals surface area contributed by atoms with Crippen molar-refractivity contribution in [3.8, 4) is 0 Å². The van der Waals surface area contributed by atoms with Crippen LogP contribution in [0, 0.1) is 13.8 Å². The van der Waals surface area contributed by atoms with E-state index in [0.717, 1.165) is 0 Å². The van der Waals surface area contributed by atoms with Gasteiger partial charge in [0.15, 0.2) is 0 Å². The van der Waals surface area contributed by atoms with E-state index in [4.69, 9.17) is 0 Å². The van der Waals surface area contributed by atoms with E-state index < -0.39 is 0 Å². The maximum atomic E-state index is 2.36. The molecule has 30 heavy (non-hydrogen) atoms. The van der Waals surface area contributed by atoms with Crippen molar-refractivity contribution in [2.75, 3.05) is 0 Å². The third-order valence-corrected chi connectivity index (χ3v) is 5.72. The minimum Gasteiger partial charge on any atom is -0.0792 e. The summed E-state index contributed by atoms with van der Waals surface area (Å²) in [5.74, 6) is 0.